The van der Waals surface area contributed by atoms with Gasteiger partial charge in [0.25, 0.3) is 0 Å². The van der Waals surface area contributed by atoms with Gasteiger partial charge in [0.2, 0.25) is 5.91 Å². The molecule has 6 rings (SSSR count). The summed E-state index contributed by atoms with van der Waals surface area (Å²) in [5, 5.41) is 3.50. The number of benzene rings is 3. The molecule has 1 unspecified atom stereocenters. The fourth-order valence-corrected chi connectivity index (χ4v) is 5.85. The molecule has 3 atom stereocenters. The topological polar surface area (TPSA) is 82.2 Å². The number of methoxy groups -OCH3 is 1. The van der Waals surface area contributed by atoms with Crippen molar-refractivity contribution in [1.29, 1.82) is 0 Å². The number of pyridine rings is 1. The standard InChI is InChI=1S/C34H35F2N3O5/c1-21-32(33(21)34(40)38-23-6-4-22(35)5-7-23)25-9-8-24(18-27(25)36)44-29-10-11-37-28-20-31(30(41-2)19-26(28)29)43-15-3-12-39-13-16-42-17-14-39/h4-11,18-21,32-33H,3,12-17H2,1-2H3,(H,38,40)/t21-,32?,33-/m1/s1. The lowest BCUT2D eigenvalue weighted by molar-refractivity contribution is -0.117. The van der Waals surface area contributed by atoms with Gasteiger partial charge in [-0.1, -0.05) is 13.0 Å². The lowest BCUT2D eigenvalue weighted by Crippen LogP contribution is -2.37. The van der Waals surface area contributed by atoms with Crippen molar-refractivity contribution >= 4 is 22.5 Å². The number of rotatable bonds is 11. The molecule has 44 heavy (non-hydrogen) atoms. The van der Waals surface area contributed by atoms with Crippen LogP contribution in [-0.4, -0.2) is 62.4 Å². The first-order valence-electron chi connectivity index (χ1n) is 14.8. The van der Waals surface area contributed by atoms with Crippen LogP contribution in [0.4, 0.5) is 14.5 Å². The molecule has 0 spiro atoms. The molecule has 1 N–H and O–H groups in total. The van der Waals surface area contributed by atoms with Gasteiger partial charge in [-0.25, -0.2) is 8.78 Å². The van der Waals surface area contributed by atoms with E-state index in [4.69, 9.17) is 18.9 Å². The largest absolute Gasteiger partial charge is 0.493 e. The third-order valence-corrected chi connectivity index (χ3v) is 8.32. The van der Waals surface area contributed by atoms with Gasteiger partial charge in [-0.2, -0.15) is 0 Å². The number of anilines is 1. The fraction of sp³-hybridized carbons (Fsp3) is 0.353. The number of nitrogens with one attached hydrogen (secondary N) is 1. The quantitative estimate of drug-likeness (QED) is 0.199. The van der Waals surface area contributed by atoms with Crippen LogP contribution in [0.15, 0.2) is 66.9 Å². The van der Waals surface area contributed by atoms with Crippen molar-refractivity contribution in [1.82, 2.24) is 9.88 Å². The molecule has 1 aromatic heterocycles. The van der Waals surface area contributed by atoms with Crippen molar-refractivity contribution < 1.29 is 32.5 Å². The van der Waals surface area contributed by atoms with E-state index in [1.807, 2.05) is 19.1 Å². The van der Waals surface area contributed by atoms with Gasteiger partial charge in [-0.05, 0) is 60.4 Å². The smallest absolute Gasteiger partial charge is 0.228 e. The second-order valence-electron chi connectivity index (χ2n) is 11.2. The maximum Gasteiger partial charge on any atom is 0.228 e. The van der Waals surface area contributed by atoms with E-state index in [1.165, 1.54) is 30.3 Å². The molecule has 4 aromatic rings. The van der Waals surface area contributed by atoms with Crippen LogP contribution in [0, 0.1) is 23.5 Å². The summed E-state index contributed by atoms with van der Waals surface area (Å²) in [5.74, 6) is 0.243. The summed E-state index contributed by atoms with van der Waals surface area (Å²) in [7, 11) is 1.58. The van der Waals surface area contributed by atoms with Gasteiger partial charge in [-0.15, -0.1) is 0 Å². The molecule has 8 nitrogen and oxygen atoms in total. The Labute approximate surface area is 254 Å². The molecular weight excluding hydrogens is 568 g/mol. The number of hydrogen-bond acceptors (Lipinski definition) is 7. The third-order valence-electron chi connectivity index (χ3n) is 8.32. The number of fused-ring (bicyclic) bond motifs is 1. The van der Waals surface area contributed by atoms with E-state index >= 15 is 4.39 Å². The molecule has 2 aliphatic rings. The van der Waals surface area contributed by atoms with Crippen LogP contribution in [-0.2, 0) is 9.53 Å². The van der Waals surface area contributed by atoms with Crippen LogP contribution in [0.5, 0.6) is 23.0 Å². The fourth-order valence-electron chi connectivity index (χ4n) is 5.85. The average molecular weight is 604 g/mol. The molecule has 0 radical (unpaired) electrons. The number of carbonyl (C=O) groups excluding carboxylic acids is 1. The molecule has 1 saturated carbocycles. The Hall–Kier alpha value is -4.28. The van der Waals surface area contributed by atoms with Crippen LogP contribution >= 0.6 is 0 Å². The zero-order valence-electron chi connectivity index (χ0n) is 24.7. The minimum atomic E-state index is -0.444. The molecule has 2 heterocycles. The summed E-state index contributed by atoms with van der Waals surface area (Å²) in [6, 6.07) is 15.6. The zero-order valence-corrected chi connectivity index (χ0v) is 24.7. The summed E-state index contributed by atoms with van der Waals surface area (Å²) in [4.78, 5) is 19.7. The minimum absolute atomic E-state index is 0.0379. The number of halogens is 2. The van der Waals surface area contributed by atoms with Crippen LogP contribution in [0.25, 0.3) is 10.9 Å². The molecular formula is C34H35F2N3O5. The van der Waals surface area contributed by atoms with Crippen LogP contribution in [0.2, 0.25) is 0 Å². The van der Waals surface area contributed by atoms with Crippen molar-refractivity contribution in [3.63, 3.8) is 0 Å². The number of morpholine rings is 1. The highest BCUT2D eigenvalue weighted by Gasteiger charge is 2.53. The van der Waals surface area contributed by atoms with Gasteiger partial charge in [-0.3, -0.25) is 14.7 Å². The summed E-state index contributed by atoms with van der Waals surface area (Å²) in [6.07, 6.45) is 2.51. The average Bonchev–Trinajstić information content (AvgIpc) is 3.70. The second-order valence-corrected chi connectivity index (χ2v) is 11.2. The van der Waals surface area contributed by atoms with Crippen molar-refractivity contribution in [3.05, 3.63) is 84.1 Å². The third kappa shape index (κ3) is 6.61. The van der Waals surface area contributed by atoms with E-state index in [-0.39, 0.29) is 29.5 Å². The van der Waals surface area contributed by atoms with E-state index in [9.17, 15) is 9.18 Å². The molecule has 1 amide bonds. The number of nitrogens with zero attached hydrogens (tertiary/aromatic N) is 2. The molecule has 1 saturated heterocycles. The summed E-state index contributed by atoms with van der Waals surface area (Å²) in [5.41, 5.74) is 1.62. The Morgan fingerprint density at radius 2 is 1.82 bits per heavy atom. The molecule has 230 valence electrons. The Balaban J connectivity index is 1.12. The first-order valence-corrected chi connectivity index (χ1v) is 14.8. The summed E-state index contributed by atoms with van der Waals surface area (Å²) >= 11 is 0. The Morgan fingerprint density at radius 1 is 1.02 bits per heavy atom. The van der Waals surface area contributed by atoms with Crippen molar-refractivity contribution in [2.24, 2.45) is 11.8 Å². The Bertz CT molecular complexity index is 1630. The molecule has 1 aliphatic carbocycles. The predicted octanol–water partition coefficient (Wildman–Crippen LogP) is 6.40. The van der Waals surface area contributed by atoms with E-state index in [2.05, 4.69) is 15.2 Å². The maximum absolute atomic E-state index is 15.4. The lowest BCUT2D eigenvalue weighted by Gasteiger charge is -2.26. The summed E-state index contributed by atoms with van der Waals surface area (Å²) < 4.78 is 51.8. The number of carbonyl (C=O) groups is 1. The highest BCUT2D eigenvalue weighted by Crippen LogP contribution is 2.55. The van der Waals surface area contributed by atoms with Gasteiger partial charge in [0.15, 0.2) is 11.5 Å². The van der Waals surface area contributed by atoms with E-state index in [0.29, 0.717) is 51.8 Å². The highest BCUT2D eigenvalue weighted by molar-refractivity contribution is 5.95. The lowest BCUT2D eigenvalue weighted by atomic mass is 10.1. The Kier molecular flexibility index (Phi) is 8.90. The molecule has 0 bridgehead atoms. The van der Waals surface area contributed by atoms with Gasteiger partial charge >= 0.3 is 0 Å². The van der Waals surface area contributed by atoms with E-state index in [1.54, 1.807) is 31.5 Å². The van der Waals surface area contributed by atoms with Crippen molar-refractivity contribution in [2.45, 2.75) is 19.3 Å². The van der Waals surface area contributed by atoms with Crippen LogP contribution < -0.4 is 19.5 Å². The number of ether oxygens (including phenoxy) is 4. The summed E-state index contributed by atoms with van der Waals surface area (Å²) in [6.45, 7) is 6.81. The normalized spacial score (nSPS) is 19.9. The monoisotopic (exact) mass is 603 g/mol. The first-order chi connectivity index (χ1) is 21.4. The second kappa shape index (κ2) is 13.2. The van der Waals surface area contributed by atoms with Gasteiger partial charge in [0, 0.05) is 60.9 Å². The number of hydrogen-bond donors (Lipinski definition) is 1. The van der Waals surface area contributed by atoms with E-state index < -0.39 is 5.82 Å². The van der Waals surface area contributed by atoms with Gasteiger partial charge in [0.1, 0.15) is 23.1 Å². The maximum atomic E-state index is 15.4. The molecule has 10 heteroatoms. The van der Waals surface area contributed by atoms with E-state index in [0.717, 1.165) is 39.3 Å². The zero-order chi connectivity index (χ0) is 30.6. The minimum Gasteiger partial charge on any atom is -0.493 e. The predicted molar refractivity (Wildman–Crippen MR) is 163 cm³/mol. The SMILES string of the molecule is COc1cc2c(Oc3ccc(C4[C@@H](C)[C@H]4C(=O)Nc4ccc(F)cc4)c(F)c3)ccnc2cc1OCCCN1CCOCC1. The van der Waals surface area contributed by atoms with Gasteiger partial charge < -0.3 is 24.3 Å². The van der Waals surface area contributed by atoms with Crippen molar-refractivity contribution in [3.8, 4) is 23.0 Å². The Morgan fingerprint density at radius 3 is 2.57 bits per heavy atom. The van der Waals surface area contributed by atoms with Gasteiger partial charge in [0.05, 0.1) is 32.4 Å². The molecule has 3 aromatic carbocycles. The number of aromatic nitrogens is 1. The van der Waals surface area contributed by atoms with Crippen LogP contribution in [0.3, 0.4) is 0 Å². The van der Waals surface area contributed by atoms with Crippen LogP contribution in [0.1, 0.15) is 24.8 Å². The van der Waals surface area contributed by atoms with Crippen molar-refractivity contribution in [2.75, 3.05) is 51.9 Å². The molecule has 1 aliphatic heterocycles. The molecule has 2 fully saturated rings. The highest BCUT2D eigenvalue weighted by atomic mass is 19.1. The number of amides is 1. The first kappa shape index (κ1) is 29.8.